The van der Waals surface area contributed by atoms with Gasteiger partial charge in [-0.05, 0) is 36.4 Å². The summed E-state index contributed by atoms with van der Waals surface area (Å²) in [5.41, 5.74) is 0. The molecule has 0 aliphatic carbocycles. The molecule has 0 unspecified atom stereocenters. The maximum absolute atomic E-state index is 12.4. The predicted octanol–water partition coefficient (Wildman–Crippen LogP) is 3.26. The van der Waals surface area contributed by atoms with E-state index in [0.717, 1.165) is 4.88 Å². The molecule has 25 heavy (non-hydrogen) atoms. The highest BCUT2D eigenvalue weighted by molar-refractivity contribution is 7.12. The van der Waals surface area contributed by atoms with E-state index in [0.29, 0.717) is 37.4 Å². The van der Waals surface area contributed by atoms with Crippen LogP contribution in [0.1, 0.15) is 22.5 Å². The number of piperidine rings is 1. The molecule has 3 rings (SSSR count). The lowest BCUT2D eigenvalue weighted by Gasteiger charge is -2.31. The van der Waals surface area contributed by atoms with E-state index in [4.69, 9.17) is 9.47 Å². The van der Waals surface area contributed by atoms with Gasteiger partial charge in [-0.25, -0.2) is 0 Å². The van der Waals surface area contributed by atoms with E-state index in [1.165, 1.54) is 11.3 Å². The van der Waals surface area contributed by atoms with Crippen LogP contribution in [0.4, 0.5) is 0 Å². The van der Waals surface area contributed by atoms with Gasteiger partial charge in [0.2, 0.25) is 0 Å². The third kappa shape index (κ3) is 4.20. The molecule has 2 aromatic rings. The molecule has 1 aromatic heterocycles. The van der Waals surface area contributed by atoms with Crippen molar-refractivity contribution in [2.75, 3.05) is 26.8 Å². The van der Waals surface area contributed by atoms with Crippen molar-refractivity contribution >= 4 is 23.0 Å². The van der Waals surface area contributed by atoms with Crippen molar-refractivity contribution in [3.8, 4) is 11.5 Å². The average Bonchev–Trinajstić information content (AvgIpc) is 3.20. The summed E-state index contributed by atoms with van der Waals surface area (Å²) in [5.74, 6) is 1.31. The molecule has 0 spiro atoms. The SMILES string of the molecule is COc1ccccc1OCC(=O)N1CCC(C(=O)c2cccs2)CC1. The first kappa shape index (κ1) is 17.5. The van der Waals surface area contributed by atoms with Gasteiger partial charge in [-0.1, -0.05) is 18.2 Å². The van der Waals surface area contributed by atoms with Crippen molar-refractivity contribution in [3.05, 3.63) is 46.7 Å². The molecule has 0 saturated carbocycles. The molecule has 1 saturated heterocycles. The molecule has 5 nitrogen and oxygen atoms in total. The Hall–Kier alpha value is -2.34. The Morgan fingerprint density at radius 3 is 2.48 bits per heavy atom. The van der Waals surface area contributed by atoms with Crippen LogP contribution in [-0.4, -0.2) is 43.4 Å². The second-order valence-electron chi connectivity index (χ2n) is 5.94. The van der Waals surface area contributed by atoms with E-state index in [1.54, 1.807) is 24.1 Å². The summed E-state index contributed by atoms with van der Waals surface area (Å²) >= 11 is 1.48. The normalized spacial score (nSPS) is 15.0. The monoisotopic (exact) mass is 359 g/mol. The van der Waals surface area contributed by atoms with Crippen LogP contribution in [0.3, 0.4) is 0 Å². The number of carbonyl (C=O) groups excluding carboxylic acids is 2. The number of para-hydroxylation sites is 2. The Morgan fingerprint density at radius 2 is 1.84 bits per heavy atom. The molecule has 2 heterocycles. The van der Waals surface area contributed by atoms with Gasteiger partial charge in [-0.2, -0.15) is 0 Å². The molecular weight excluding hydrogens is 338 g/mol. The van der Waals surface area contributed by atoms with Crippen LogP contribution in [0.5, 0.6) is 11.5 Å². The lowest BCUT2D eigenvalue weighted by Crippen LogP contribution is -2.42. The van der Waals surface area contributed by atoms with E-state index >= 15 is 0 Å². The number of hydrogen-bond donors (Lipinski definition) is 0. The summed E-state index contributed by atoms with van der Waals surface area (Å²) in [5, 5.41) is 1.92. The maximum atomic E-state index is 12.4. The fourth-order valence-corrected chi connectivity index (χ4v) is 3.72. The molecule has 132 valence electrons. The van der Waals surface area contributed by atoms with E-state index < -0.39 is 0 Å². The Labute approximate surface area is 151 Å². The highest BCUT2D eigenvalue weighted by Crippen LogP contribution is 2.27. The number of hydrogen-bond acceptors (Lipinski definition) is 5. The number of Topliss-reactive ketones (excluding diaryl/α,β-unsaturated/α-hetero) is 1. The lowest BCUT2D eigenvalue weighted by atomic mass is 9.92. The number of methoxy groups -OCH3 is 1. The van der Waals surface area contributed by atoms with Crippen molar-refractivity contribution in [2.24, 2.45) is 5.92 Å². The Kier molecular flexibility index (Phi) is 5.71. The molecule has 0 atom stereocenters. The first-order valence-corrected chi connectivity index (χ1v) is 9.18. The minimum absolute atomic E-state index is 0.0119. The second kappa shape index (κ2) is 8.16. The van der Waals surface area contributed by atoms with Gasteiger partial charge in [0.05, 0.1) is 12.0 Å². The standard InChI is InChI=1S/C19H21NO4S/c1-23-15-5-2-3-6-16(15)24-13-18(21)20-10-8-14(9-11-20)19(22)17-7-4-12-25-17/h2-7,12,14H,8-11,13H2,1H3. The highest BCUT2D eigenvalue weighted by Gasteiger charge is 2.28. The molecule has 1 fully saturated rings. The molecule has 1 amide bonds. The van der Waals surface area contributed by atoms with E-state index in [1.807, 2.05) is 29.6 Å². The lowest BCUT2D eigenvalue weighted by molar-refractivity contribution is -0.134. The molecule has 1 aliphatic heterocycles. The predicted molar refractivity (Wildman–Crippen MR) is 96.4 cm³/mol. The zero-order valence-corrected chi connectivity index (χ0v) is 15.0. The van der Waals surface area contributed by atoms with Gasteiger partial charge in [0.15, 0.2) is 23.9 Å². The number of rotatable bonds is 6. The fraction of sp³-hybridized carbons (Fsp3) is 0.368. The van der Waals surface area contributed by atoms with Gasteiger partial charge in [-0.3, -0.25) is 9.59 Å². The van der Waals surface area contributed by atoms with Gasteiger partial charge < -0.3 is 14.4 Å². The molecule has 6 heteroatoms. The van der Waals surface area contributed by atoms with Crippen LogP contribution in [0.25, 0.3) is 0 Å². The number of likely N-dealkylation sites (tertiary alicyclic amines) is 1. The summed E-state index contributed by atoms with van der Waals surface area (Å²) in [6.45, 7) is 1.16. The van der Waals surface area contributed by atoms with Crippen molar-refractivity contribution in [3.63, 3.8) is 0 Å². The van der Waals surface area contributed by atoms with Crippen molar-refractivity contribution < 1.29 is 19.1 Å². The van der Waals surface area contributed by atoms with E-state index in [2.05, 4.69) is 0 Å². The minimum atomic E-state index is -0.0621. The van der Waals surface area contributed by atoms with Gasteiger partial charge in [0, 0.05) is 19.0 Å². The van der Waals surface area contributed by atoms with E-state index in [9.17, 15) is 9.59 Å². The number of benzene rings is 1. The number of amides is 1. The maximum Gasteiger partial charge on any atom is 0.260 e. The molecule has 1 aliphatic rings. The second-order valence-corrected chi connectivity index (χ2v) is 6.88. The quantitative estimate of drug-likeness (QED) is 0.743. The highest BCUT2D eigenvalue weighted by atomic mass is 32.1. The van der Waals surface area contributed by atoms with Gasteiger partial charge in [0.25, 0.3) is 5.91 Å². The summed E-state index contributed by atoms with van der Waals surface area (Å²) in [6.07, 6.45) is 1.41. The molecule has 1 aromatic carbocycles. The van der Waals surface area contributed by atoms with Crippen LogP contribution in [0.2, 0.25) is 0 Å². The number of carbonyl (C=O) groups is 2. The minimum Gasteiger partial charge on any atom is -0.493 e. The van der Waals surface area contributed by atoms with Gasteiger partial charge in [-0.15, -0.1) is 11.3 Å². The summed E-state index contributed by atoms with van der Waals surface area (Å²) in [4.78, 5) is 27.3. The van der Waals surface area contributed by atoms with Crippen molar-refractivity contribution in [2.45, 2.75) is 12.8 Å². The van der Waals surface area contributed by atoms with Crippen LogP contribution in [0.15, 0.2) is 41.8 Å². The number of ether oxygens (including phenoxy) is 2. The smallest absolute Gasteiger partial charge is 0.260 e. The number of thiophene rings is 1. The molecular formula is C19H21NO4S. The van der Waals surface area contributed by atoms with Crippen LogP contribution in [-0.2, 0) is 4.79 Å². The third-order valence-electron chi connectivity index (χ3n) is 4.40. The molecule has 0 radical (unpaired) electrons. The van der Waals surface area contributed by atoms with Crippen LogP contribution in [0, 0.1) is 5.92 Å². The summed E-state index contributed by atoms with van der Waals surface area (Å²) < 4.78 is 10.8. The summed E-state index contributed by atoms with van der Waals surface area (Å²) in [7, 11) is 1.57. The number of nitrogens with zero attached hydrogens (tertiary/aromatic N) is 1. The Bertz CT molecular complexity index is 721. The third-order valence-corrected chi connectivity index (χ3v) is 5.29. The number of ketones is 1. The van der Waals surface area contributed by atoms with Crippen molar-refractivity contribution in [1.82, 2.24) is 4.90 Å². The summed E-state index contributed by atoms with van der Waals surface area (Å²) in [6, 6.07) is 11.0. The zero-order valence-electron chi connectivity index (χ0n) is 14.1. The Morgan fingerprint density at radius 1 is 1.12 bits per heavy atom. The van der Waals surface area contributed by atoms with E-state index in [-0.39, 0.29) is 24.2 Å². The van der Waals surface area contributed by atoms with Crippen LogP contribution >= 0.6 is 11.3 Å². The average molecular weight is 359 g/mol. The topological polar surface area (TPSA) is 55.8 Å². The fourth-order valence-electron chi connectivity index (χ4n) is 2.98. The first-order valence-electron chi connectivity index (χ1n) is 8.30. The van der Waals surface area contributed by atoms with Gasteiger partial charge in [0.1, 0.15) is 0 Å². The van der Waals surface area contributed by atoms with Crippen LogP contribution < -0.4 is 9.47 Å². The molecule has 0 bridgehead atoms. The molecule has 0 N–H and O–H groups in total. The largest absolute Gasteiger partial charge is 0.493 e. The van der Waals surface area contributed by atoms with Gasteiger partial charge >= 0.3 is 0 Å². The zero-order chi connectivity index (χ0) is 17.6. The Balaban J connectivity index is 1.49. The first-order chi connectivity index (χ1) is 12.2. The van der Waals surface area contributed by atoms with Crippen molar-refractivity contribution in [1.29, 1.82) is 0 Å².